The number of rotatable bonds is 3. The van der Waals surface area contributed by atoms with E-state index >= 15 is 0 Å². The first-order valence-electron chi connectivity index (χ1n) is 5.44. The summed E-state index contributed by atoms with van der Waals surface area (Å²) >= 11 is 3.40. The second-order valence-electron chi connectivity index (χ2n) is 3.96. The van der Waals surface area contributed by atoms with E-state index in [1.54, 1.807) is 9.20 Å². The van der Waals surface area contributed by atoms with Crippen LogP contribution in [0.15, 0.2) is 35.2 Å². The Morgan fingerprint density at radius 3 is 3.00 bits per heavy atom. The number of fused-ring (bicyclic) bond motifs is 1. The average molecular weight is 307 g/mol. The molecular weight excluding hydrogens is 296 g/mol. The highest BCUT2D eigenvalue weighted by Crippen LogP contribution is 2.12. The minimum Gasteiger partial charge on any atom is -0.349 e. The summed E-state index contributed by atoms with van der Waals surface area (Å²) in [6, 6.07) is 3.85. The van der Waals surface area contributed by atoms with E-state index in [1.807, 2.05) is 37.8 Å². The van der Waals surface area contributed by atoms with Crippen molar-refractivity contribution in [2.24, 2.45) is 7.05 Å². The molecule has 3 aromatic heterocycles. The summed E-state index contributed by atoms with van der Waals surface area (Å²) < 4.78 is 4.47. The van der Waals surface area contributed by atoms with Crippen LogP contribution >= 0.6 is 15.9 Å². The van der Waals surface area contributed by atoms with Gasteiger partial charge >= 0.3 is 0 Å². The number of nitrogens with zero attached hydrogens (tertiary/aromatic N) is 5. The Labute approximate surface area is 112 Å². The maximum absolute atomic E-state index is 4.37. The van der Waals surface area contributed by atoms with E-state index in [0.717, 1.165) is 15.7 Å². The molecule has 0 saturated heterocycles. The largest absolute Gasteiger partial charge is 0.349 e. The maximum Gasteiger partial charge on any atom is 0.243 e. The molecule has 0 spiro atoms. The van der Waals surface area contributed by atoms with Crippen molar-refractivity contribution in [1.29, 1.82) is 0 Å². The fraction of sp³-hybridized carbons (Fsp3) is 0.182. The van der Waals surface area contributed by atoms with Gasteiger partial charge in [0.25, 0.3) is 0 Å². The molecular formula is C11H11BrN6. The van der Waals surface area contributed by atoms with Crippen LogP contribution in [0.1, 0.15) is 5.56 Å². The van der Waals surface area contributed by atoms with Crippen LogP contribution in [0.2, 0.25) is 0 Å². The Kier molecular flexibility index (Phi) is 2.75. The minimum atomic E-state index is 0.608. The van der Waals surface area contributed by atoms with E-state index in [0.29, 0.717) is 12.5 Å². The lowest BCUT2D eigenvalue weighted by Gasteiger charge is -1.96. The predicted octanol–water partition coefficient (Wildman–Crippen LogP) is 1.84. The van der Waals surface area contributed by atoms with Crippen LogP contribution in [0.5, 0.6) is 0 Å². The van der Waals surface area contributed by atoms with Crippen molar-refractivity contribution >= 4 is 27.5 Å². The number of halogens is 1. The summed E-state index contributed by atoms with van der Waals surface area (Å²) in [5.41, 5.74) is 1.91. The molecule has 0 atom stereocenters. The number of nitrogens with one attached hydrogen (secondary N) is 1. The Hall–Kier alpha value is -1.89. The van der Waals surface area contributed by atoms with Gasteiger partial charge < -0.3 is 5.32 Å². The highest BCUT2D eigenvalue weighted by Gasteiger charge is 2.03. The molecule has 0 saturated carbocycles. The molecule has 18 heavy (non-hydrogen) atoms. The molecule has 0 amide bonds. The Balaban J connectivity index is 1.78. The summed E-state index contributed by atoms with van der Waals surface area (Å²) in [5.74, 6) is 0.608. The molecule has 92 valence electrons. The number of aryl methyl sites for hydroxylation is 1. The fourth-order valence-electron chi connectivity index (χ4n) is 1.68. The molecule has 3 heterocycles. The van der Waals surface area contributed by atoms with Crippen LogP contribution in [0.4, 0.5) is 5.95 Å². The van der Waals surface area contributed by atoms with Crippen LogP contribution in [0.3, 0.4) is 0 Å². The van der Waals surface area contributed by atoms with Gasteiger partial charge in [0.05, 0.1) is 6.20 Å². The first kappa shape index (κ1) is 11.2. The van der Waals surface area contributed by atoms with Gasteiger partial charge in [0.1, 0.15) is 0 Å². The lowest BCUT2D eigenvalue weighted by atomic mass is 10.4. The van der Waals surface area contributed by atoms with Gasteiger partial charge in [-0.25, -0.2) is 4.52 Å². The summed E-state index contributed by atoms with van der Waals surface area (Å²) in [7, 11) is 1.89. The molecule has 0 aromatic carbocycles. The lowest BCUT2D eigenvalue weighted by molar-refractivity contribution is 0.767. The van der Waals surface area contributed by atoms with Crippen molar-refractivity contribution in [2.45, 2.75) is 6.54 Å². The predicted molar refractivity (Wildman–Crippen MR) is 71.2 cm³/mol. The van der Waals surface area contributed by atoms with Gasteiger partial charge in [0.2, 0.25) is 5.95 Å². The molecule has 3 aromatic rings. The Morgan fingerprint density at radius 2 is 2.22 bits per heavy atom. The second-order valence-corrected chi connectivity index (χ2v) is 4.88. The summed E-state index contributed by atoms with van der Waals surface area (Å²) in [5, 5.41) is 11.6. The zero-order valence-corrected chi connectivity index (χ0v) is 11.3. The average Bonchev–Trinajstić information content (AvgIpc) is 2.92. The molecule has 1 N–H and O–H groups in total. The number of hydrogen-bond donors (Lipinski definition) is 1. The van der Waals surface area contributed by atoms with E-state index in [9.17, 15) is 0 Å². The minimum absolute atomic E-state index is 0.608. The lowest BCUT2D eigenvalue weighted by Crippen LogP contribution is -2.00. The molecule has 0 aliphatic carbocycles. The zero-order valence-electron chi connectivity index (χ0n) is 9.71. The summed E-state index contributed by atoms with van der Waals surface area (Å²) in [4.78, 5) is 4.37. The standard InChI is InChI=1S/C11H11BrN6/c1-17-6-8(5-14-17)4-13-11-15-10-3-2-9(12)7-18(10)16-11/h2-3,5-7H,4H2,1H3,(H,13,16). The van der Waals surface area contributed by atoms with E-state index in [2.05, 4.69) is 36.4 Å². The molecule has 0 fully saturated rings. The smallest absolute Gasteiger partial charge is 0.243 e. The van der Waals surface area contributed by atoms with Gasteiger partial charge in [0.15, 0.2) is 5.65 Å². The topological polar surface area (TPSA) is 60.0 Å². The third-order valence-corrected chi connectivity index (χ3v) is 2.97. The summed E-state index contributed by atoms with van der Waals surface area (Å²) in [6.45, 7) is 0.659. The normalized spacial score (nSPS) is 11.0. The Morgan fingerprint density at radius 1 is 1.33 bits per heavy atom. The quantitative estimate of drug-likeness (QED) is 0.802. The van der Waals surface area contributed by atoms with Crippen LogP contribution in [-0.4, -0.2) is 24.4 Å². The third-order valence-electron chi connectivity index (χ3n) is 2.50. The molecule has 3 rings (SSSR count). The molecule has 0 radical (unpaired) electrons. The molecule has 0 aliphatic heterocycles. The van der Waals surface area contributed by atoms with Gasteiger partial charge in [-0.3, -0.25) is 4.68 Å². The van der Waals surface area contributed by atoms with Crippen molar-refractivity contribution in [1.82, 2.24) is 24.4 Å². The fourth-order valence-corrected chi connectivity index (χ4v) is 2.00. The third kappa shape index (κ3) is 2.21. The second kappa shape index (κ2) is 4.41. The van der Waals surface area contributed by atoms with Crippen LogP contribution in [0, 0.1) is 0 Å². The van der Waals surface area contributed by atoms with Crippen LogP contribution in [0.25, 0.3) is 5.65 Å². The van der Waals surface area contributed by atoms with E-state index < -0.39 is 0 Å². The monoisotopic (exact) mass is 306 g/mol. The van der Waals surface area contributed by atoms with Crippen molar-refractivity contribution in [3.63, 3.8) is 0 Å². The van der Waals surface area contributed by atoms with Crippen molar-refractivity contribution in [2.75, 3.05) is 5.32 Å². The van der Waals surface area contributed by atoms with E-state index in [1.165, 1.54) is 0 Å². The van der Waals surface area contributed by atoms with Crippen molar-refractivity contribution < 1.29 is 0 Å². The van der Waals surface area contributed by atoms with Crippen molar-refractivity contribution in [3.05, 3.63) is 40.8 Å². The first-order valence-corrected chi connectivity index (χ1v) is 6.23. The highest BCUT2D eigenvalue weighted by atomic mass is 79.9. The van der Waals surface area contributed by atoms with E-state index in [-0.39, 0.29) is 0 Å². The number of aromatic nitrogens is 5. The van der Waals surface area contributed by atoms with Gasteiger partial charge in [-0.15, -0.1) is 5.10 Å². The maximum atomic E-state index is 4.37. The molecule has 0 unspecified atom stereocenters. The van der Waals surface area contributed by atoms with Crippen LogP contribution in [-0.2, 0) is 13.6 Å². The number of anilines is 1. The van der Waals surface area contributed by atoms with E-state index in [4.69, 9.17) is 0 Å². The SMILES string of the molecule is Cn1cc(CNc2nc3ccc(Br)cn3n2)cn1. The summed E-state index contributed by atoms with van der Waals surface area (Å²) in [6.07, 6.45) is 5.65. The highest BCUT2D eigenvalue weighted by molar-refractivity contribution is 9.10. The van der Waals surface area contributed by atoms with Crippen LogP contribution < -0.4 is 5.32 Å². The first-order chi connectivity index (χ1) is 8.70. The number of pyridine rings is 1. The molecule has 7 heteroatoms. The molecule has 6 nitrogen and oxygen atoms in total. The van der Waals surface area contributed by atoms with Gasteiger partial charge in [-0.1, -0.05) is 0 Å². The molecule has 0 bridgehead atoms. The Bertz CT molecular complexity index is 686. The van der Waals surface area contributed by atoms with Gasteiger partial charge in [0, 0.05) is 36.0 Å². The molecule has 0 aliphatic rings. The van der Waals surface area contributed by atoms with Crippen molar-refractivity contribution in [3.8, 4) is 0 Å². The zero-order chi connectivity index (χ0) is 12.5. The number of hydrogen-bond acceptors (Lipinski definition) is 4. The van der Waals surface area contributed by atoms with Gasteiger partial charge in [-0.2, -0.15) is 10.1 Å². The van der Waals surface area contributed by atoms with Gasteiger partial charge in [-0.05, 0) is 28.1 Å².